The van der Waals surface area contributed by atoms with Gasteiger partial charge in [0.2, 0.25) is 10.0 Å². The Bertz CT molecular complexity index is 523. The normalized spacial score (nSPS) is 13.6. The summed E-state index contributed by atoms with van der Waals surface area (Å²) in [4.78, 5) is 0. The molecule has 5 heteroatoms. The predicted octanol–water partition coefficient (Wildman–Crippen LogP) is 2.24. The summed E-state index contributed by atoms with van der Waals surface area (Å²) in [6.07, 6.45) is 0. The van der Waals surface area contributed by atoms with Crippen LogP contribution >= 0.6 is 0 Å². The summed E-state index contributed by atoms with van der Waals surface area (Å²) >= 11 is 0. The van der Waals surface area contributed by atoms with Gasteiger partial charge < -0.3 is 4.74 Å². The van der Waals surface area contributed by atoms with Crippen molar-refractivity contribution in [2.45, 2.75) is 27.7 Å². The molecular formula is C14H23NO3S. The molecule has 0 fully saturated rings. The lowest BCUT2D eigenvalue weighted by Crippen LogP contribution is -2.30. The maximum absolute atomic E-state index is 11.2. The molecule has 0 aromatic heterocycles. The van der Waals surface area contributed by atoms with E-state index in [1.165, 1.54) is 5.56 Å². The second-order valence-electron chi connectivity index (χ2n) is 5.39. The summed E-state index contributed by atoms with van der Waals surface area (Å²) in [5.41, 5.74) is 2.36. The van der Waals surface area contributed by atoms with Crippen LogP contribution in [0.15, 0.2) is 18.2 Å². The fourth-order valence-electron chi connectivity index (χ4n) is 1.74. The molecule has 0 aliphatic rings. The molecule has 2 N–H and O–H groups in total. The van der Waals surface area contributed by atoms with Crippen molar-refractivity contribution in [3.63, 3.8) is 0 Å². The van der Waals surface area contributed by atoms with Gasteiger partial charge in [0.1, 0.15) is 5.75 Å². The van der Waals surface area contributed by atoms with Gasteiger partial charge in [-0.05, 0) is 43.0 Å². The van der Waals surface area contributed by atoms with Crippen LogP contribution in [0, 0.1) is 25.7 Å². The van der Waals surface area contributed by atoms with Crippen molar-refractivity contribution in [2.75, 3.05) is 12.4 Å². The largest absolute Gasteiger partial charge is 0.493 e. The number of hydrogen-bond acceptors (Lipinski definition) is 3. The first-order valence-corrected chi connectivity index (χ1v) is 8.11. The molecule has 0 aliphatic carbocycles. The fourth-order valence-corrected chi connectivity index (χ4v) is 2.82. The van der Waals surface area contributed by atoms with Crippen molar-refractivity contribution in [3.05, 3.63) is 29.3 Å². The van der Waals surface area contributed by atoms with Gasteiger partial charge in [-0.3, -0.25) is 0 Å². The molecular weight excluding hydrogens is 262 g/mol. The van der Waals surface area contributed by atoms with Crippen molar-refractivity contribution in [3.8, 4) is 5.75 Å². The van der Waals surface area contributed by atoms with Crippen molar-refractivity contribution in [2.24, 2.45) is 17.0 Å². The van der Waals surface area contributed by atoms with Crippen LogP contribution in [0.2, 0.25) is 0 Å². The maximum Gasteiger partial charge on any atom is 0.209 e. The molecule has 0 saturated heterocycles. The second kappa shape index (κ2) is 6.39. The number of hydrogen-bond donors (Lipinski definition) is 1. The third-order valence-electron chi connectivity index (χ3n) is 3.33. The molecule has 0 radical (unpaired) electrons. The minimum Gasteiger partial charge on any atom is -0.493 e. The summed E-state index contributed by atoms with van der Waals surface area (Å²) in [5.74, 6) is 0.819. The molecule has 1 unspecified atom stereocenters. The van der Waals surface area contributed by atoms with E-state index in [-0.39, 0.29) is 17.6 Å². The van der Waals surface area contributed by atoms with Crippen LogP contribution in [0.4, 0.5) is 0 Å². The first-order valence-electron chi connectivity index (χ1n) is 6.39. The molecule has 1 aromatic rings. The first-order chi connectivity index (χ1) is 8.69. The van der Waals surface area contributed by atoms with E-state index in [1.54, 1.807) is 0 Å². The number of rotatable bonds is 6. The standard InChI is InChI=1S/C14H23NO3S/c1-10(2)13(9-19(15,16)17)8-18-14-6-5-11(3)12(4)7-14/h5-7,10,13H,8-9H2,1-4H3,(H2,15,16,17). The van der Waals surface area contributed by atoms with Gasteiger partial charge in [0.15, 0.2) is 0 Å². The van der Waals surface area contributed by atoms with Gasteiger partial charge in [0.25, 0.3) is 0 Å². The van der Waals surface area contributed by atoms with Gasteiger partial charge in [0.05, 0.1) is 12.4 Å². The highest BCUT2D eigenvalue weighted by Crippen LogP contribution is 2.19. The van der Waals surface area contributed by atoms with Gasteiger partial charge in [-0.1, -0.05) is 19.9 Å². The van der Waals surface area contributed by atoms with Gasteiger partial charge in [-0.15, -0.1) is 0 Å². The van der Waals surface area contributed by atoms with E-state index in [2.05, 4.69) is 0 Å². The Labute approximate surface area is 116 Å². The lowest BCUT2D eigenvalue weighted by molar-refractivity contribution is 0.224. The zero-order valence-corrected chi connectivity index (χ0v) is 12.8. The second-order valence-corrected chi connectivity index (χ2v) is 7.05. The third kappa shape index (κ3) is 5.61. The van der Waals surface area contributed by atoms with Gasteiger partial charge in [-0.2, -0.15) is 0 Å². The van der Waals surface area contributed by atoms with Gasteiger partial charge >= 0.3 is 0 Å². The molecule has 4 nitrogen and oxygen atoms in total. The van der Waals surface area contributed by atoms with Crippen LogP contribution in [-0.2, 0) is 10.0 Å². The molecule has 1 aromatic carbocycles. The molecule has 1 atom stereocenters. The predicted molar refractivity (Wildman–Crippen MR) is 77.7 cm³/mol. The van der Waals surface area contributed by atoms with E-state index in [0.717, 1.165) is 11.3 Å². The van der Waals surface area contributed by atoms with Crippen LogP contribution in [-0.4, -0.2) is 20.8 Å². The Hall–Kier alpha value is -1.07. The zero-order valence-electron chi connectivity index (χ0n) is 12.0. The lowest BCUT2D eigenvalue weighted by Gasteiger charge is -2.20. The van der Waals surface area contributed by atoms with E-state index in [1.807, 2.05) is 45.9 Å². The van der Waals surface area contributed by atoms with Crippen LogP contribution in [0.1, 0.15) is 25.0 Å². The monoisotopic (exact) mass is 285 g/mol. The van der Waals surface area contributed by atoms with Crippen LogP contribution in [0.3, 0.4) is 0 Å². The quantitative estimate of drug-likeness (QED) is 0.871. The van der Waals surface area contributed by atoms with Gasteiger partial charge in [-0.25, -0.2) is 13.6 Å². The Kier molecular flexibility index (Phi) is 5.38. The minimum atomic E-state index is -3.47. The van der Waals surface area contributed by atoms with Crippen LogP contribution in [0.25, 0.3) is 0 Å². The highest BCUT2D eigenvalue weighted by Gasteiger charge is 2.20. The smallest absolute Gasteiger partial charge is 0.209 e. The summed E-state index contributed by atoms with van der Waals surface area (Å²) < 4.78 is 28.0. The Morgan fingerprint density at radius 3 is 2.32 bits per heavy atom. The highest BCUT2D eigenvalue weighted by atomic mass is 32.2. The number of primary sulfonamides is 1. The number of ether oxygens (including phenoxy) is 1. The molecule has 19 heavy (non-hydrogen) atoms. The van der Waals surface area contributed by atoms with Crippen molar-refractivity contribution in [1.29, 1.82) is 0 Å². The number of sulfonamides is 1. The summed E-state index contributed by atoms with van der Waals surface area (Å²) in [7, 11) is -3.47. The van der Waals surface area contributed by atoms with Crippen molar-refractivity contribution >= 4 is 10.0 Å². The molecule has 0 spiro atoms. The highest BCUT2D eigenvalue weighted by molar-refractivity contribution is 7.89. The third-order valence-corrected chi connectivity index (χ3v) is 4.22. The molecule has 0 saturated carbocycles. The van der Waals surface area contributed by atoms with E-state index < -0.39 is 10.0 Å². The van der Waals surface area contributed by atoms with E-state index in [0.29, 0.717) is 6.61 Å². The fraction of sp³-hybridized carbons (Fsp3) is 0.571. The number of benzene rings is 1. The molecule has 0 aliphatic heterocycles. The average Bonchev–Trinajstić information content (AvgIpc) is 2.27. The molecule has 0 heterocycles. The topological polar surface area (TPSA) is 69.4 Å². The lowest BCUT2D eigenvalue weighted by atomic mass is 9.99. The Balaban J connectivity index is 2.68. The van der Waals surface area contributed by atoms with E-state index in [4.69, 9.17) is 9.88 Å². The number of nitrogens with two attached hydrogens (primary N) is 1. The van der Waals surface area contributed by atoms with Crippen LogP contribution < -0.4 is 9.88 Å². The first kappa shape index (κ1) is 16.0. The Morgan fingerprint density at radius 1 is 1.21 bits per heavy atom. The maximum atomic E-state index is 11.2. The van der Waals surface area contributed by atoms with Crippen molar-refractivity contribution in [1.82, 2.24) is 0 Å². The SMILES string of the molecule is Cc1ccc(OCC(CS(N)(=O)=O)C(C)C)cc1C. The molecule has 1 rings (SSSR count). The zero-order chi connectivity index (χ0) is 14.6. The number of aryl methyl sites for hydroxylation is 2. The van der Waals surface area contributed by atoms with Crippen molar-refractivity contribution < 1.29 is 13.2 Å². The summed E-state index contributed by atoms with van der Waals surface area (Å²) in [6.45, 7) is 8.36. The average molecular weight is 285 g/mol. The summed E-state index contributed by atoms with van der Waals surface area (Å²) in [5, 5.41) is 5.10. The van der Waals surface area contributed by atoms with E-state index in [9.17, 15) is 8.42 Å². The van der Waals surface area contributed by atoms with Crippen LogP contribution in [0.5, 0.6) is 5.75 Å². The minimum absolute atomic E-state index is 0.0461. The Morgan fingerprint density at radius 2 is 1.84 bits per heavy atom. The summed E-state index contributed by atoms with van der Waals surface area (Å²) in [6, 6.07) is 5.86. The van der Waals surface area contributed by atoms with E-state index >= 15 is 0 Å². The van der Waals surface area contributed by atoms with Gasteiger partial charge in [0, 0.05) is 5.92 Å². The molecule has 0 amide bonds. The molecule has 0 bridgehead atoms. The molecule has 108 valence electrons.